The molecule has 0 bridgehead atoms. The van der Waals surface area contributed by atoms with E-state index >= 15 is 0 Å². The van der Waals surface area contributed by atoms with Crippen molar-refractivity contribution in [3.63, 3.8) is 0 Å². The van der Waals surface area contributed by atoms with Crippen LogP contribution in [0.5, 0.6) is 0 Å². The molecule has 2 heterocycles. The predicted molar refractivity (Wildman–Crippen MR) is 52.6 cm³/mol. The van der Waals surface area contributed by atoms with Crippen LogP contribution in [0.25, 0.3) is 0 Å². The van der Waals surface area contributed by atoms with E-state index in [0.717, 1.165) is 0 Å². The second-order valence-corrected chi connectivity index (χ2v) is 5.48. The molecular weight excluding hydrogens is 218 g/mol. The van der Waals surface area contributed by atoms with Gasteiger partial charge < -0.3 is 5.11 Å². The molecule has 2 rings (SSSR count). The van der Waals surface area contributed by atoms with E-state index in [-0.39, 0.29) is 11.6 Å². The topological polar surface area (TPSA) is 75.4 Å². The molecule has 84 valence electrons. The van der Waals surface area contributed by atoms with E-state index in [4.69, 9.17) is 0 Å². The SMILES string of the molecule is Cn1nccc1S(=O)(=O)N1CC[C@@H](O)C1. The van der Waals surface area contributed by atoms with Crippen LogP contribution in [0.1, 0.15) is 6.42 Å². The third-order valence-electron chi connectivity index (χ3n) is 2.51. The summed E-state index contributed by atoms with van der Waals surface area (Å²) in [7, 11) is -1.90. The maximum absolute atomic E-state index is 12.0. The Labute approximate surface area is 88.2 Å². The summed E-state index contributed by atoms with van der Waals surface area (Å²) in [6.07, 6.45) is 1.39. The van der Waals surface area contributed by atoms with Crippen LogP contribution < -0.4 is 0 Å². The summed E-state index contributed by atoms with van der Waals surface area (Å²) in [5, 5.41) is 13.3. The highest BCUT2D eigenvalue weighted by atomic mass is 32.2. The molecule has 1 saturated heterocycles. The van der Waals surface area contributed by atoms with Gasteiger partial charge in [-0.2, -0.15) is 9.40 Å². The molecule has 0 amide bonds. The van der Waals surface area contributed by atoms with Gasteiger partial charge in [0.2, 0.25) is 0 Å². The molecule has 0 spiro atoms. The second-order valence-electron chi connectivity index (χ2n) is 3.60. The van der Waals surface area contributed by atoms with E-state index in [9.17, 15) is 13.5 Å². The summed E-state index contributed by atoms with van der Waals surface area (Å²) in [4.78, 5) is 0. The van der Waals surface area contributed by atoms with Gasteiger partial charge in [0.25, 0.3) is 10.0 Å². The van der Waals surface area contributed by atoms with E-state index in [1.54, 1.807) is 7.05 Å². The van der Waals surface area contributed by atoms with Crippen LogP contribution in [0.2, 0.25) is 0 Å². The van der Waals surface area contributed by atoms with Crippen molar-refractivity contribution in [2.24, 2.45) is 7.05 Å². The van der Waals surface area contributed by atoms with Gasteiger partial charge in [0.05, 0.1) is 12.3 Å². The maximum atomic E-state index is 12.0. The Bertz CT molecular complexity index is 453. The highest BCUT2D eigenvalue weighted by Gasteiger charge is 2.33. The largest absolute Gasteiger partial charge is 0.392 e. The number of β-amino-alcohol motifs (C(OH)–C–C–N with tert-alkyl or cyclic N) is 1. The lowest BCUT2D eigenvalue weighted by Crippen LogP contribution is -2.31. The number of aliphatic hydroxyl groups excluding tert-OH is 1. The van der Waals surface area contributed by atoms with Gasteiger partial charge in [-0.25, -0.2) is 8.42 Å². The van der Waals surface area contributed by atoms with Crippen LogP contribution in [0, 0.1) is 0 Å². The van der Waals surface area contributed by atoms with Crippen LogP contribution in [0.15, 0.2) is 17.3 Å². The van der Waals surface area contributed by atoms with Gasteiger partial charge in [-0.3, -0.25) is 4.68 Å². The normalized spacial score (nSPS) is 23.5. The van der Waals surface area contributed by atoms with Crippen molar-refractivity contribution in [2.45, 2.75) is 17.6 Å². The Morgan fingerprint density at radius 2 is 2.33 bits per heavy atom. The fraction of sp³-hybridized carbons (Fsp3) is 0.625. The Hall–Kier alpha value is -0.920. The molecule has 0 saturated carbocycles. The summed E-state index contributed by atoms with van der Waals surface area (Å²) in [5.41, 5.74) is 0. The van der Waals surface area contributed by atoms with E-state index in [2.05, 4.69) is 5.10 Å². The van der Waals surface area contributed by atoms with Gasteiger partial charge in [-0.05, 0) is 12.5 Å². The minimum Gasteiger partial charge on any atom is -0.392 e. The minimum absolute atomic E-state index is 0.164. The standard InChI is InChI=1S/C8H13N3O3S/c1-10-8(2-4-9-10)15(13,14)11-5-3-7(12)6-11/h2,4,7,12H,3,5-6H2,1H3/t7-/m1/s1. The van der Waals surface area contributed by atoms with Crippen molar-refractivity contribution < 1.29 is 13.5 Å². The lowest BCUT2D eigenvalue weighted by Gasteiger charge is -2.15. The molecule has 1 atom stereocenters. The van der Waals surface area contributed by atoms with Crippen molar-refractivity contribution in [1.82, 2.24) is 14.1 Å². The lowest BCUT2D eigenvalue weighted by molar-refractivity contribution is 0.189. The average molecular weight is 231 g/mol. The second kappa shape index (κ2) is 3.58. The number of aliphatic hydroxyl groups is 1. The summed E-state index contributed by atoms with van der Waals surface area (Å²) in [5.74, 6) is 0. The molecule has 1 fully saturated rings. The number of rotatable bonds is 2. The Morgan fingerprint density at radius 1 is 1.60 bits per heavy atom. The van der Waals surface area contributed by atoms with Crippen molar-refractivity contribution in [1.29, 1.82) is 0 Å². The van der Waals surface area contributed by atoms with Crippen molar-refractivity contribution in [3.8, 4) is 0 Å². The molecule has 1 aliphatic rings. The van der Waals surface area contributed by atoms with Crippen molar-refractivity contribution in [2.75, 3.05) is 13.1 Å². The molecule has 1 N–H and O–H groups in total. The minimum atomic E-state index is -3.49. The number of aryl methyl sites for hydroxylation is 1. The van der Waals surface area contributed by atoms with E-state index in [1.165, 1.54) is 21.3 Å². The van der Waals surface area contributed by atoms with Gasteiger partial charge in [-0.15, -0.1) is 0 Å². The zero-order valence-electron chi connectivity index (χ0n) is 8.37. The first-order chi connectivity index (χ1) is 7.01. The average Bonchev–Trinajstić information content (AvgIpc) is 2.74. The third kappa shape index (κ3) is 1.77. The Balaban J connectivity index is 2.32. The van der Waals surface area contributed by atoms with Gasteiger partial charge in [-0.1, -0.05) is 0 Å². The monoisotopic (exact) mass is 231 g/mol. The Morgan fingerprint density at radius 3 is 2.80 bits per heavy atom. The zero-order valence-corrected chi connectivity index (χ0v) is 9.18. The number of hydrogen-bond acceptors (Lipinski definition) is 4. The quantitative estimate of drug-likeness (QED) is 0.721. The number of aromatic nitrogens is 2. The van der Waals surface area contributed by atoms with E-state index in [1.807, 2.05) is 0 Å². The smallest absolute Gasteiger partial charge is 0.260 e. The third-order valence-corrected chi connectivity index (χ3v) is 4.45. The molecule has 0 radical (unpaired) electrons. The molecule has 1 aromatic rings. The molecule has 7 heteroatoms. The molecule has 1 aliphatic heterocycles. The van der Waals surface area contributed by atoms with Crippen molar-refractivity contribution >= 4 is 10.0 Å². The van der Waals surface area contributed by atoms with Crippen LogP contribution in [0.4, 0.5) is 0 Å². The number of sulfonamides is 1. The highest BCUT2D eigenvalue weighted by Crippen LogP contribution is 2.19. The lowest BCUT2D eigenvalue weighted by atomic mass is 10.3. The first-order valence-corrected chi connectivity index (χ1v) is 6.12. The summed E-state index contributed by atoms with van der Waals surface area (Å²) in [6, 6.07) is 1.46. The summed E-state index contributed by atoms with van der Waals surface area (Å²) >= 11 is 0. The fourth-order valence-corrected chi connectivity index (χ4v) is 3.27. The summed E-state index contributed by atoms with van der Waals surface area (Å²) in [6.45, 7) is 0.544. The molecule has 0 unspecified atom stereocenters. The van der Waals surface area contributed by atoms with Crippen LogP contribution in [-0.4, -0.2) is 46.8 Å². The van der Waals surface area contributed by atoms with Crippen LogP contribution >= 0.6 is 0 Å². The van der Waals surface area contributed by atoms with Crippen LogP contribution in [-0.2, 0) is 17.1 Å². The van der Waals surface area contributed by atoms with Gasteiger partial charge in [0.15, 0.2) is 5.03 Å². The van der Waals surface area contributed by atoms with Crippen LogP contribution in [0.3, 0.4) is 0 Å². The summed E-state index contributed by atoms with van der Waals surface area (Å²) < 4.78 is 26.6. The highest BCUT2D eigenvalue weighted by molar-refractivity contribution is 7.89. The zero-order chi connectivity index (χ0) is 11.1. The molecule has 15 heavy (non-hydrogen) atoms. The fourth-order valence-electron chi connectivity index (χ4n) is 1.68. The van der Waals surface area contributed by atoms with Gasteiger partial charge >= 0.3 is 0 Å². The van der Waals surface area contributed by atoms with Gasteiger partial charge in [0.1, 0.15) is 0 Å². The first kappa shape index (κ1) is 10.6. The van der Waals surface area contributed by atoms with E-state index in [0.29, 0.717) is 13.0 Å². The van der Waals surface area contributed by atoms with Gasteiger partial charge in [0, 0.05) is 20.1 Å². The Kier molecular flexibility index (Phi) is 2.53. The molecular formula is C8H13N3O3S. The number of nitrogens with zero attached hydrogens (tertiary/aromatic N) is 3. The maximum Gasteiger partial charge on any atom is 0.260 e. The molecule has 1 aromatic heterocycles. The predicted octanol–water partition coefficient (Wildman–Crippen LogP) is -0.825. The molecule has 0 aliphatic carbocycles. The van der Waals surface area contributed by atoms with E-state index < -0.39 is 16.1 Å². The van der Waals surface area contributed by atoms with Crippen molar-refractivity contribution in [3.05, 3.63) is 12.3 Å². The number of hydrogen-bond donors (Lipinski definition) is 1. The molecule has 6 nitrogen and oxygen atoms in total. The first-order valence-electron chi connectivity index (χ1n) is 4.68. The molecule has 0 aromatic carbocycles.